The van der Waals surface area contributed by atoms with Crippen LogP contribution in [0.1, 0.15) is 31.9 Å². The summed E-state index contributed by atoms with van der Waals surface area (Å²) < 4.78 is 28.4. The molecule has 5 nitrogen and oxygen atoms in total. The predicted molar refractivity (Wildman–Crippen MR) is 86.6 cm³/mol. The molecule has 0 fully saturated rings. The van der Waals surface area contributed by atoms with Crippen molar-refractivity contribution in [3.05, 3.63) is 40.7 Å². The smallest absolute Gasteiger partial charge is 0.368 e. The third-order valence-electron chi connectivity index (χ3n) is 2.76. The highest BCUT2D eigenvalue weighted by atomic mass is 31.2. The van der Waals surface area contributed by atoms with Crippen LogP contribution in [0.3, 0.4) is 0 Å². The van der Waals surface area contributed by atoms with Crippen LogP contribution < -0.4 is 0 Å². The van der Waals surface area contributed by atoms with Crippen LogP contribution in [0.4, 0.5) is 0 Å². The molecule has 0 radical (unpaired) electrons. The van der Waals surface area contributed by atoms with Crippen LogP contribution in [0.2, 0.25) is 0 Å². The molecule has 0 aliphatic rings. The Morgan fingerprint density at radius 1 is 1.05 bits per heavy atom. The van der Waals surface area contributed by atoms with Gasteiger partial charge in [0, 0.05) is 0 Å². The third-order valence-corrected chi connectivity index (χ3v) is 4.86. The Balaban J connectivity index is 3.29. The molecule has 0 unspecified atom stereocenters. The molecule has 0 amide bonds. The average Bonchev–Trinajstić information content (AvgIpc) is 2.47. The van der Waals surface area contributed by atoms with Crippen LogP contribution in [0.5, 0.6) is 0 Å². The highest BCUT2D eigenvalue weighted by molar-refractivity contribution is 7.60. The SMILES string of the molecule is CCOC(=O)/C(=C\c1ccc(C)cc1)P(=O)(OCC)OCC. The summed E-state index contributed by atoms with van der Waals surface area (Å²) in [5.41, 5.74) is 1.82. The molecule has 0 aliphatic carbocycles. The second kappa shape index (κ2) is 8.89. The number of rotatable bonds is 8. The molecule has 0 atom stereocenters. The Bertz CT molecular complexity index is 552. The van der Waals surface area contributed by atoms with Gasteiger partial charge >= 0.3 is 13.6 Å². The first-order valence-electron chi connectivity index (χ1n) is 7.32. The Hall–Kier alpha value is -1.42. The zero-order valence-corrected chi connectivity index (χ0v) is 14.4. The van der Waals surface area contributed by atoms with Crippen LogP contribution in [0.15, 0.2) is 29.6 Å². The van der Waals surface area contributed by atoms with Gasteiger partial charge in [-0.1, -0.05) is 29.8 Å². The number of ether oxygens (including phenoxy) is 1. The normalized spacial score (nSPS) is 12.3. The second-order valence-corrected chi connectivity index (χ2v) is 6.49. The van der Waals surface area contributed by atoms with Crippen LogP contribution >= 0.6 is 7.60 Å². The van der Waals surface area contributed by atoms with Gasteiger partial charge in [0.05, 0.1) is 19.8 Å². The first-order valence-corrected chi connectivity index (χ1v) is 8.86. The van der Waals surface area contributed by atoms with Crippen molar-refractivity contribution in [2.45, 2.75) is 27.7 Å². The van der Waals surface area contributed by atoms with Gasteiger partial charge in [-0.2, -0.15) is 0 Å². The molecule has 122 valence electrons. The fourth-order valence-electron chi connectivity index (χ4n) is 1.79. The fraction of sp³-hybridized carbons (Fsp3) is 0.438. The number of aryl methyl sites for hydroxylation is 1. The molecule has 0 bridgehead atoms. The molecule has 6 heteroatoms. The van der Waals surface area contributed by atoms with E-state index in [1.165, 1.54) is 6.08 Å². The number of carbonyl (C=O) groups is 1. The minimum atomic E-state index is -3.71. The highest BCUT2D eigenvalue weighted by Gasteiger charge is 2.35. The number of benzene rings is 1. The summed E-state index contributed by atoms with van der Waals surface area (Å²) in [6, 6.07) is 7.47. The molecular formula is C16H23O5P. The molecular weight excluding hydrogens is 303 g/mol. The number of hydrogen-bond acceptors (Lipinski definition) is 5. The minimum Gasteiger partial charge on any atom is -0.462 e. The van der Waals surface area contributed by atoms with Gasteiger partial charge in [-0.3, -0.25) is 4.57 Å². The van der Waals surface area contributed by atoms with Crippen LogP contribution in [-0.4, -0.2) is 25.8 Å². The maximum Gasteiger partial charge on any atom is 0.368 e. The van der Waals surface area contributed by atoms with Crippen molar-refractivity contribution in [1.29, 1.82) is 0 Å². The lowest BCUT2D eigenvalue weighted by Gasteiger charge is -2.19. The number of hydrogen-bond donors (Lipinski definition) is 0. The van der Waals surface area contributed by atoms with E-state index < -0.39 is 13.6 Å². The van der Waals surface area contributed by atoms with E-state index in [0.29, 0.717) is 0 Å². The monoisotopic (exact) mass is 326 g/mol. The Morgan fingerprint density at radius 2 is 1.59 bits per heavy atom. The van der Waals surface area contributed by atoms with Crippen molar-refractivity contribution in [1.82, 2.24) is 0 Å². The van der Waals surface area contributed by atoms with Crippen molar-refractivity contribution in [3.63, 3.8) is 0 Å². The van der Waals surface area contributed by atoms with Gasteiger partial charge in [-0.15, -0.1) is 0 Å². The van der Waals surface area contributed by atoms with Crippen molar-refractivity contribution in [3.8, 4) is 0 Å². The molecule has 1 aromatic rings. The van der Waals surface area contributed by atoms with Crippen molar-refractivity contribution in [2.75, 3.05) is 19.8 Å². The van der Waals surface area contributed by atoms with E-state index in [2.05, 4.69) is 0 Å². The van der Waals surface area contributed by atoms with Gasteiger partial charge in [0.1, 0.15) is 5.31 Å². The van der Waals surface area contributed by atoms with Gasteiger partial charge in [-0.05, 0) is 39.3 Å². The molecule has 0 spiro atoms. The van der Waals surface area contributed by atoms with Gasteiger partial charge < -0.3 is 13.8 Å². The van der Waals surface area contributed by atoms with Gasteiger partial charge in [0.25, 0.3) is 0 Å². The summed E-state index contributed by atoms with van der Waals surface area (Å²) in [5.74, 6) is -0.687. The van der Waals surface area contributed by atoms with E-state index in [4.69, 9.17) is 13.8 Å². The number of esters is 1. The van der Waals surface area contributed by atoms with Crippen LogP contribution in [0, 0.1) is 6.92 Å². The van der Waals surface area contributed by atoms with E-state index in [1.807, 2.05) is 31.2 Å². The average molecular weight is 326 g/mol. The van der Waals surface area contributed by atoms with Gasteiger partial charge in [0.2, 0.25) is 0 Å². The van der Waals surface area contributed by atoms with Crippen LogP contribution in [0.25, 0.3) is 6.08 Å². The van der Waals surface area contributed by atoms with Crippen molar-refractivity contribution in [2.24, 2.45) is 0 Å². The summed E-state index contributed by atoms with van der Waals surface area (Å²) in [7, 11) is -3.71. The molecule has 1 rings (SSSR count). The molecule has 0 saturated heterocycles. The Morgan fingerprint density at radius 3 is 2.05 bits per heavy atom. The summed E-state index contributed by atoms with van der Waals surface area (Å²) >= 11 is 0. The quantitative estimate of drug-likeness (QED) is 0.408. The molecule has 22 heavy (non-hydrogen) atoms. The summed E-state index contributed by atoms with van der Waals surface area (Å²) in [6.07, 6.45) is 1.50. The summed E-state index contributed by atoms with van der Waals surface area (Å²) in [5, 5.41) is -0.0816. The highest BCUT2D eigenvalue weighted by Crippen LogP contribution is 2.57. The summed E-state index contributed by atoms with van der Waals surface area (Å²) in [4.78, 5) is 12.2. The van der Waals surface area contributed by atoms with Gasteiger partial charge in [-0.25, -0.2) is 4.79 Å². The summed E-state index contributed by atoms with van der Waals surface area (Å²) in [6.45, 7) is 7.56. The predicted octanol–water partition coefficient (Wildman–Crippen LogP) is 4.17. The number of carbonyl (C=O) groups excluding carboxylic acids is 1. The Labute approximate surface area is 131 Å². The maximum atomic E-state index is 12.9. The molecule has 0 heterocycles. The fourth-order valence-corrected chi connectivity index (χ4v) is 3.42. The standard InChI is InChI=1S/C16H23O5P/c1-5-19-16(17)15(22(18,20-6-2)21-7-3)12-14-10-8-13(4)9-11-14/h8-12H,5-7H2,1-4H3/b15-12+. The zero-order valence-electron chi connectivity index (χ0n) is 13.5. The van der Waals surface area contributed by atoms with E-state index in [1.54, 1.807) is 20.8 Å². The lowest BCUT2D eigenvalue weighted by atomic mass is 10.1. The van der Waals surface area contributed by atoms with E-state index in [0.717, 1.165) is 11.1 Å². The maximum absolute atomic E-state index is 12.9. The lowest BCUT2D eigenvalue weighted by molar-refractivity contribution is -0.137. The molecule has 1 aromatic carbocycles. The largest absolute Gasteiger partial charge is 0.462 e. The van der Waals surface area contributed by atoms with Crippen molar-refractivity contribution >= 4 is 19.6 Å². The second-order valence-electron chi connectivity index (χ2n) is 4.49. The molecule has 0 aliphatic heterocycles. The van der Waals surface area contributed by atoms with Crippen molar-refractivity contribution < 1.29 is 23.1 Å². The zero-order chi connectivity index (χ0) is 16.6. The minimum absolute atomic E-state index is 0.0816. The van der Waals surface area contributed by atoms with E-state index in [9.17, 15) is 9.36 Å². The van der Waals surface area contributed by atoms with E-state index in [-0.39, 0.29) is 25.1 Å². The first kappa shape index (κ1) is 18.6. The molecule has 0 saturated carbocycles. The van der Waals surface area contributed by atoms with Crippen LogP contribution in [-0.2, 0) is 23.1 Å². The first-order chi connectivity index (χ1) is 10.5. The molecule has 0 aromatic heterocycles. The molecule has 0 N–H and O–H groups in total. The third kappa shape index (κ3) is 5.09. The Kier molecular flexibility index (Phi) is 7.52. The van der Waals surface area contributed by atoms with Gasteiger partial charge in [0.15, 0.2) is 0 Å². The van der Waals surface area contributed by atoms with E-state index >= 15 is 0 Å². The lowest BCUT2D eigenvalue weighted by Crippen LogP contribution is -2.11. The topological polar surface area (TPSA) is 61.8 Å².